The van der Waals surface area contributed by atoms with Crippen molar-refractivity contribution in [2.24, 2.45) is 0 Å². The summed E-state index contributed by atoms with van der Waals surface area (Å²) >= 11 is 10.4. The third kappa shape index (κ3) is 4.45. The molecule has 0 N–H and O–H groups in total. The first-order valence-corrected chi connectivity index (χ1v) is 7.30. The number of hydrogen-bond acceptors (Lipinski definition) is 1. The molecule has 0 aliphatic carbocycles. The molecule has 0 atom stereocenters. The highest BCUT2D eigenvalue weighted by molar-refractivity contribution is 9.13. The molecule has 1 aromatic carbocycles. The summed E-state index contributed by atoms with van der Waals surface area (Å²) in [6.45, 7) is 2.96. The van der Waals surface area contributed by atoms with Gasteiger partial charge >= 0.3 is 0 Å². The van der Waals surface area contributed by atoms with Crippen LogP contribution in [0.4, 0.5) is 0 Å². The van der Waals surface area contributed by atoms with E-state index in [1.807, 2.05) is 12.1 Å². The topological polar surface area (TPSA) is 9.23 Å². The van der Waals surface area contributed by atoms with Gasteiger partial charge in [0.2, 0.25) is 0 Å². The SMILES string of the molecule is CCCCCOc1cc(Br)cc(Br)c1Br. The van der Waals surface area contributed by atoms with Gasteiger partial charge in [0.25, 0.3) is 0 Å². The highest BCUT2D eigenvalue weighted by Crippen LogP contribution is 2.35. The number of benzene rings is 1. The number of rotatable bonds is 5. The average molecular weight is 401 g/mol. The lowest BCUT2D eigenvalue weighted by Crippen LogP contribution is -1.98. The lowest BCUT2D eigenvalue weighted by molar-refractivity contribution is 0.304. The maximum Gasteiger partial charge on any atom is 0.135 e. The van der Waals surface area contributed by atoms with E-state index in [4.69, 9.17) is 4.74 Å². The Morgan fingerprint density at radius 1 is 1.13 bits per heavy atom. The fraction of sp³-hybridized carbons (Fsp3) is 0.455. The molecule has 0 saturated heterocycles. The van der Waals surface area contributed by atoms with Gasteiger partial charge in [-0.1, -0.05) is 35.7 Å². The molecule has 0 spiro atoms. The quantitative estimate of drug-likeness (QED) is 0.465. The van der Waals surface area contributed by atoms with Crippen LogP contribution in [0, 0.1) is 0 Å². The molecule has 0 heterocycles. The minimum absolute atomic E-state index is 0.773. The lowest BCUT2D eigenvalue weighted by atomic mass is 10.3. The van der Waals surface area contributed by atoms with Crippen LogP contribution < -0.4 is 4.74 Å². The van der Waals surface area contributed by atoms with Gasteiger partial charge < -0.3 is 4.74 Å². The molecule has 0 bridgehead atoms. The summed E-state index contributed by atoms with van der Waals surface area (Å²) in [4.78, 5) is 0. The van der Waals surface area contributed by atoms with Gasteiger partial charge in [0, 0.05) is 8.95 Å². The van der Waals surface area contributed by atoms with Gasteiger partial charge in [-0.3, -0.25) is 0 Å². The van der Waals surface area contributed by atoms with Gasteiger partial charge in [-0.05, 0) is 50.4 Å². The molecule has 0 aliphatic heterocycles. The highest BCUT2D eigenvalue weighted by atomic mass is 79.9. The molecule has 0 aliphatic rings. The number of ether oxygens (including phenoxy) is 1. The van der Waals surface area contributed by atoms with Crippen LogP contribution in [0.25, 0.3) is 0 Å². The first-order valence-electron chi connectivity index (χ1n) is 4.92. The summed E-state index contributed by atoms with van der Waals surface area (Å²) in [5.74, 6) is 0.882. The molecule has 0 radical (unpaired) electrons. The summed E-state index contributed by atoms with van der Waals surface area (Å²) in [5, 5.41) is 0. The van der Waals surface area contributed by atoms with Gasteiger partial charge in [-0.25, -0.2) is 0 Å². The highest BCUT2D eigenvalue weighted by Gasteiger charge is 2.06. The second-order valence-electron chi connectivity index (χ2n) is 3.26. The average Bonchev–Trinajstić information content (AvgIpc) is 2.19. The molecule has 4 heteroatoms. The zero-order chi connectivity index (χ0) is 11.3. The summed E-state index contributed by atoms with van der Waals surface area (Å²) < 4.78 is 8.69. The number of unbranched alkanes of at least 4 members (excludes halogenated alkanes) is 2. The van der Waals surface area contributed by atoms with E-state index < -0.39 is 0 Å². The predicted molar refractivity (Wildman–Crippen MR) is 74.6 cm³/mol. The van der Waals surface area contributed by atoms with Gasteiger partial charge in [0.05, 0.1) is 11.1 Å². The maximum atomic E-state index is 5.69. The van der Waals surface area contributed by atoms with Gasteiger partial charge in [0.15, 0.2) is 0 Å². The van der Waals surface area contributed by atoms with E-state index in [0.29, 0.717) is 0 Å². The molecular weight excluding hydrogens is 388 g/mol. The second kappa shape index (κ2) is 6.92. The summed E-state index contributed by atoms with van der Waals surface area (Å²) in [6.07, 6.45) is 3.53. The van der Waals surface area contributed by atoms with Crippen molar-refractivity contribution in [3.8, 4) is 5.75 Å². The van der Waals surface area contributed by atoms with Crippen LogP contribution >= 0.6 is 47.8 Å². The lowest BCUT2D eigenvalue weighted by Gasteiger charge is -2.09. The standard InChI is InChI=1S/C11H13Br3O/c1-2-3-4-5-15-10-7-8(12)6-9(13)11(10)14/h6-7H,2-5H2,1H3. The molecule has 84 valence electrons. The smallest absolute Gasteiger partial charge is 0.135 e. The zero-order valence-corrected chi connectivity index (χ0v) is 13.3. The van der Waals surface area contributed by atoms with E-state index in [9.17, 15) is 0 Å². The zero-order valence-electron chi connectivity index (χ0n) is 8.53. The van der Waals surface area contributed by atoms with E-state index in [2.05, 4.69) is 54.7 Å². The molecule has 1 nitrogen and oxygen atoms in total. The van der Waals surface area contributed by atoms with E-state index in [1.54, 1.807) is 0 Å². The molecule has 0 fully saturated rings. The van der Waals surface area contributed by atoms with Crippen LogP contribution in [0.5, 0.6) is 5.75 Å². The summed E-state index contributed by atoms with van der Waals surface area (Å²) in [5.41, 5.74) is 0. The van der Waals surface area contributed by atoms with Gasteiger partial charge in [-0.15, -0.1) is 0 Å². The molecule has 15 heavy (non-hydrogen) atoms. The van der Waals surface area contributed by atoms with Crippen molar-refractivity contribution >= 4 is 47.8 Å². The van der Waals surface area contributed by atoms with E-state index in [-0.39, 0.29) is 0 Å². The van der Waals surface area contributed by atoms with Gasteiger partial charge in [-0.2, -0.15) is 0 Å². The van der Waals surface area contributed by atoms with Crippen LogP contribution in [0.3, 0.4) is 0 Å². The van der Waals surface area contributed by atoms with Crippen LogP contribution in [0.1, 0.15) is 26.2 Å². The van der Waals surface area contributed by atoms with Crippen LogP contribution in [-0.4, -0.2) is 6.61 Å². The monoisotopic (exact) mass is 398 g/mol. The molecule has 0 saturated carbocycles. The first-order chi connectivity index (χ1) is 7.15. The van der Waals surface area contributed by atoms with Crippen LogP contribution in [0.15, 0.2) is 25.6 Å². The summed E-state index contributed by atoms with van der Waals surface area (Å²) in [6, 6.07) is 3.96. The normalized spacial score (nSPS) is 10.4. The summed E-state index contributed by atoms with van der Waals surface area (Å²) in [7, 11) is 0. The second-order valence-corrected chi connectivity index (χ2v) is 5.82. The Balaban J connectivity index is 2.60. The Labute approximate surface area is 116 Å². The largest absolute Gasteiger partial charge is 0.492 e. The Hall–Kier alpha value is 0.460. The third-order valence-corrected chi connectivity index (χ3v) is 4.40. The van der Waals surface area contributed by atoms with Crippen molar-refractivity contribution in [2.75, 3.05) is 6.61 Å². The van der Waals surface area contributed by atoms with Crippen molar-refractivity contribution in [1.29, 1.82) is 0 Å². The molecule has 0 amide bonds. The van der Waals surface area contributed by atoms with Crippen molar-refractivity contribution < 1.29 is 4.74 Å². The van der Waals surface area contributed by atoms with E-state index >= 15 is 0 Å². The molecule has 0 aromatic heterocycles. The van der Waals surface area contributed by atoms with Gasteiger partial charge in [0.1, 0.15) is 5.75 Å². The molecule has 1 aromatic rings. The molecular formula is C11H13Br3O. The Morgan fingerprint density at radius 2 is 1.87 bits per heavy atom. The fourth-order valence-corrected chi connectivity index (χ4v) is 2.70. The van der Waals surface area contributed by atoms with Crippen molar-refractivity contribution in [1.82, 2.24) is 0 Å². The Kier molecular flexibility index (Phi) is 6.24. The first kappa shape index (κ1) is 13.5. The minimum atomic E-state index is 0.773. The van der Waals surface area contributed by atoms with Crippen molar-refractivity contribution in [3.05, 3.63) is 25.6 Å². The molecule has 0 unspecified atom stereocenters. The van der Waals surface area contributed by atoms with Crippen LogP contribution in [-0.2, 0) is 0 Å². The maximum absolute atomic E-state index is 5.69. The number of hydrogen-bond donors (Lipinski definition) is 0. The van der Waals surface area contributed by atoms with E-state index in [1.165, 1.54) is 12.8 Å². The predicted octanol–water partition coefficient (Wildman–Crippen LogP) is 5.54. The van der Waals surface area contributed by atoms with Crippen molar-refractivity contribution in [2.45, 2.75) is 26.2 Å². The minimum Gasteiger partial charge on any atom is -0.492 e. The van der Waals surface area contributed by atoms with Crippen LogP contribution in [0.2, 0.25) is 0 Å². The van der Waals surface area contributed by atoms with Crippen molar-refractivity contribution in [3.63, 3.8) is 0 Å². The van der Waals surface area contributed by atoms with E-state index in [0.717, 1.165) is 32.2 Å². The Bertz CT molecular complexity index is 326. The number of halogens is 3. The molecule has 1 rings (SSSR count). The third-order valence-electron chi connectivity index (χ3n) is 1.97. The fourth-order valence-electron chi connectivity index (χ4n) is 1.17. The Morgan fingerprint density at radius 3 is 2.53 bits per heavy atom.